The van der Waals surface area contributed by atoms with E-state index in [-0.39, 0.29) is 24.0 Å². The molecule has 0 bridgehead atoms. The monoisotopic (exact) mass is 389 g/mol. The highest BCUT2D eigenvalue weighted by Gasteiger charge is 2.20. The van der Waals surface area contributed by atoms with E-state index >= 15 is 0 Å². The molecule has 0 saturated carbocycles. The van der Waals surface area contributed by atoms with Crippen LogP contribution in [0.5, 0.6) is 11.5 Å². The third-order valence-corrected chi connectivity index (χ3v) is 4.55. The number of hydrogen-bond donors (Lipinski definition) is 0. The van der Waals surface area contributed by atoms with Crippen molar-refractivity contribution in [2.75, 3.05) is 34.5 Å². The van der Waals surface area contributed by atoms with E-state index in [9.17, 15) is 9.59 Å². The fourth-order valence-electron chi connectivity index (χ4n) is 3.27. The molecule has 0 fully saturated rings. The van der Waals surface area contributed by atoms with Gasteiger partial charge in [-0.1, -0.05) is 0 Å². The molecule has 0 amide bonds. The maximum Gasteiger partial charge on any atom is 0.338 e. The van der Waals surface area contributed by atoms with Crippen LogP contribution in [0, 0.1) is 13.8 Å². The van der Waals surface area contributed by atoms with Crippen LogP contribution >= 0.6 is 0 Å². The Hall–Kier alpha value is -2.80. The lowest BCUT2D eigenvalue weighted by molar-refractivity contribution is 0.0474. The topological polar surface area (TPSA) is 76.0 Å². The van der Waals surface area contributed by atoms with Crippen LogP contribution < -0.4 is 9.47 Å². The minimum Gasteiger partial charge on any atom is -0.497 e. The van der Waals surface area contributed by atoms with Gasteiger partial charge in [0.15, 0.2) is 6.61 Å². The Bertz CT molecular complexity index is 833. The number of aryl methyl sites for hydroxylation is 1. The Morgan fingerprint density at radius 1 is 1.00 bits per heavy atom. The summed E-state index contributed by atoms with van der Waals surface area (Å²) in [5.41, 5.74) is 2.57. The molecule has 152 valence electrons. The summed E-state index contributed by atoms with van der Waals surface area (Å²) in [4.78, 5) is 25.0. The summed E-state index contributed by atoms with van der Waals surface area (Å²) >= 11 is 0. The second kappa shape index (κ2) is 9.41. The second-order valence-electron chi connectivity index (χ2n) is 6.56. The summed E-state index contributed by atoms with van der Waals surface area (Å²) < 4.78 is 22.8. The Balaban J connectivity index is 2.12. The Kier molecular flexibility index (Phi) is 7.23. The zero-order valence-corrected chi connectivity index (χ0v) is 17.2. The normalized spacial score (nSPS) is 11.8. The van der Waals surface area contributed by atoms with Gasteiger partial charge in [0.1, 0.15) is 11.5 Å². The number of esters is 1. The van der Waals surface area contributed by atoms with E-state index in [1.165, 1.54) is 26.4 Å². The molecule has 0 saturated heterocycles. The number of carbonyl (C=O) groups excluding carboxylic acids is 2. The van der Waals surface area contributed by atoms with Crippen LogP contribution in [-0.2, 0) is 9.47 Å². The van der Waals surface area contributed by atoms with Crippen LogP contribution in [0.25, 0.3) is 0 Å². The van der Waals surface area contributed by atoms with Gasteiger partial charge in [-0.2, -0.15) is 0 Å². The number of carbonyl (C=O) groups is 2. The van der Waals surface area contributed by atoms with Gasteiger partial charge >= 0.3 is 5.97 Å². The van der Waals surface area contributed by atoms with Gasteiger partial charge in [-0.3, -0.25) is 4.79 Å². The summed E-state index contributed by atoms with van der Waals surface area (Å²) in [7, 11) is 4.63. The molecular formula is C21H27NO6. The van der Waals surface area contributed by atoms with E-state index in [0.717, 1.165) is 11.4 Å². The molecule has 1 atom stereocenters. The first-order chi connectivity index (χ1) is 13.3. The van der Waals surface area contributed by atoms with Crippen LogP contribution in [0.2, 0.25) is 0 Å². The molecule has 28 heavy (non-hydrogen) atoms. The van der Waals surface area contributed by atoms with Crippen LogP contribution in [0.15, 0.2) is 24.3 Å². The molecule has 0 spiro atoms. The van der Waals surface area contributed by atoms with Crippen molar-refractivity contribution in [3.63, 3.8) is 0 Å². The van der Waals surface area contributed by atoms with Crippen LogP contribution in [0.3, 0.4) is 0 Å². The van der Waals surface area contributed by atoms with Gasteiger partial charge in [0, 0.05) is 30.1 Å². The summed E-state index contributed by atoms with van der Waals surface area (Å²) in [5, 5.41) is 0. The highest BCUT2D eigenvalue weighted by Crippen LogP contribution is 2.24. The number of methoxy groups -OCH3 is 3. The van der Waals surface area contributed by atoms with E-state index in [4.69, 9.17) is 18.9 Å². The summed E-state index contributed by atoms with van der Waals surface area (Å²) in [6.07, 6.45) is 0. The Morgan fingerprint density at radius 2 is 1.61 bits per heavy atom. The average molecular weight is 389 g/mol. The average Bonchev–Trinajstić information content (AvgIpc) is 2.99. The van der Waals surface area contributed by atoms with E-state index in [0.29, 0.717) is 23.7 Å². The van der Waals surface area contributed by atoms with E-state index < -0.39 is 5.97 Å². The lowest BCUT2D eigenvalue weighted by Crippen LogP contribution is -2.17. The van der Waals surface area contributed by atoms with Crippen molar-refractivity contribution in [3.05, 3.63) is 46.8 Å². The number of ketones is 1. The van der Waals surface area contributed by atoms with Crippen molar-refractivity contribution in [3.8, 4) is 11.5 Å². The molecular weight excluding hydrogens is 362 g/mol. The quantitative estimate of drug-likeness (QED) is 0.483. The number of ether oxygens (including phenoxy) is 4. The molecule has 0 aliphatic rings. The van der Waals surface area contributed by atoms with Gasteiger partial charge in [0.05, 0.1) is 32.4 Å². The third-order valence-electron chi connectivity index (χ3n) is 4.55. The zero-order chi connectivity index (χ0) is 20.8. The Labute approximate surface area is 165 Å². The van der Waals surface area contributed by atoms with E-state index in [1.54, 1.807) is 13.2 Å². The number of benzene rings is 1. The smallest absolute Gasteiger partial charge is 0.338 e. The van der Waals surface area contributed by atoms with Crippen molar-refractivity contribution in [1.82, 2.24) is 4.57 Å². The van der Waals surface area contributed by atoms with Crippen molar-refractivity contribution < 1.29 is 28.5 Å². The minimum atomic E-state index is -0.618. The van der Waals surface area contributed by atoms with Crippen LogP contribution in [0.4, 0.5) is 0 Å². The van der Waals surface area contributed by atoms with Gasteiger partial charge in [-0.05, 0) is 39.0 Å². The standard InChI is InChI=1S/C21H27NO6/c1-13-7-19(15(3)22(13)14(2)11-25-4)20(23)12-28-21(24)16-8-17(26-5)10-18(9-16)27-6/h7-10,14H,11-12H2,1-6H3. The van der Waals surface area contributed by atoms with Gasteiger partial charge < -0.3 is 23.5 Å². The minimum absolute atomic E-state index is 0.0957. The first kappa shape index (κ1) is 21.5. The molecule has 1 aromatic heterocycles. The highest BCUT2D eigenvalue weighted by atomic mass is 16.5. The number of aromatic nitrogens is 1. The molecule has 1 aromatic carbocycles. The predicted molar refractivity (Wildman–Crippen MR) is 105 cm³/mol. The molecule has 2 aromatic rings. The van der Waals surface area contributed by atoms with Crippen LogP contribution in [0.1, 0.15) is 45.1 Å². The molecule has 1 unspecified atom stereocenters. The number of hydrogen-bond acceptors (Lipinski definition) is 6. The molecule has 2 rings (SSSR count). The molecule has 0 aliphatic heterocycles. The lowest BCUT2D eigenvalue weighted by atomic mass is 10.1. The fraction of sp³-hybridized carbons (Fsp3) is 0.429. The number of nitrogens with zero attached hydrogens (tertiary/aromatic N) is 1. The van der Waals surface area contributed by atoms with Crippen molar-refractivity contribution in [2.45, 2.75) is 26.8 Å². The van der Waals surface area contributed by atoms with Crippen molar-refractivity contribution >= 4 is 11.8 Å². The fourth-order valence-corrected chi connectivity index (χ4v) is 3.27. The zero-order valence-electron chi connectivity index (χ0n) is 17.2. The summed E-state index contributed by atoms with van der Waals surface area (Å²) in [5.74, 6) is 0.0564. The third kappa shape index (κ3) is 4.72. The van der Waals surface area contributed by atoms with Gasteiger partial charge in [-0.25, -0.2) is 4.79 Å². The molecule has 0 N–H and O–H groups in total. The number of rotatable bonds is 9. The first-order valence-electron chi connectivity index (χ1n) is 8.93. The molecule has 0 aliphatic carbocycles. The van der Waals surface area contributed by atoms with Crippen molar-refractivity contribution in [1.29, 1.82) is 0 Å². The largest absolute Gasteiger partial charge is 0.497 e. The van der Waals surface area contributed by atoms with Crippen molar-refractivity contribution in [2.24, 2.45) is 0 Å². The summed E-state index contributed by atoms with van der Waals surface area (Å²) in [6.45, 7) is 6.03. The van der Waals surface area contributed by atoms with E-state index in [1.807, 2.05) is 31.4 Å². The molecule has 7 nitrogen and oxygen atoms in total. The van der Waals surface area contributed by atoms with Crippen LogP contribution in [-0.4, -0.2) is 50.9 Å². The number of Topliss-reactive ketones (excluding diaryl/α,β-unsaturated/α-hetero) is 1. The first-order valence-corrected chi connectivity index (χ1v) is 8.93. The van der Waals surface area contributed by atoms with Gasteiger partial charge in [0.2, 0.25) is 5.78 Å². The SMILES string of the molecule is COCC(C)n1c(C)cc(C(=O)COC(=O)c2cc(OC)cc(OC)c2)c1C. The summed E-state index contributed by atoms with van der Waals surface area (Å²) in [6, 6.07) is 6.63. The second-order valence-corrected chi connectivity index (χ2v) is 6.56. The van der Waals surface area contributed by atoms with E-state index in [2.05, 4.69) is 0 Å². The van der Waals surface area contributed by atoms with Gasteiger partial charge in [-0.15, -0.1) is 0 Å². The Morgan fingerprint density at radius 3 is 2.14 bits per heavy atom. The van der Waals surface area contributed by atoms with Gasteiger partial charge in [0.25, 0.3) is 0 Å². The highest BCUT2D eigenvalue weighted by molar-refractivity contribution is 6.00. The maximum absolute atomic E-state index is 12.6. The predicted octanol–water partition coefficient (Wildman–Crippen LogP) is 3.37. The lowest BCUT2D eigenvalue weighted by Gasteiger charge is -2.17. The molecule has 1 heterocycles. The molecule has 0 radical (unpaired) electrons. The maximum atomic E-state index is 12.6. The molecule has 7 heteroatoms.